The molecule has 1 N–H and O–H groups in total. The van der Waals surface area contributed by atoms with E-state index >= 15 is 0 Å². The van der Waals surface area contributed by atoms with Crippen LogP contribution in [-0.2, 0) is 0 Å². The molecule has 13 heavy (non-hydrogen) atoms. The van der Waals surface area contributed by atoms with Gasteiger partial charge in [0.2, 0.25) is 0 Å². The van der Waals surface area contributed by atoms with Crippen molar-refractivity contribution in [2.24, 2.45) is 0 Å². The van der Waals surface area contributed by atoms with Crippen molar-refractivity contribution < 1.29 is 0 Å². The second-order valence-corrected chi connectivity index (χ2v) is 2.10. The highest BCUT2D eigenvalue weighted by atomic mass is 14.8. The van der Waals surface area contributed by atoms with Crippen LogP contribution in [-0.4, -0.2) is 13.6 Å². The molecule has 0 saturated carbocycles. The molecular formula is C12H21N. The number of hydrogen-bond acceptors (Lipinski definition) is 1. The maximum absolute atomic E-state index is 3.69. The Bertz CT molecular complexity index is 176. The minimum Gasteiger partial charge on any atom is -0.316 e. The van der Waals surface area contributed by atoms with Crippen LogP contribution in [0.5, 0.6) is 0 Å². The SMILES string of the molecule is C=C/C=C\C=C(/C=C)CNC.CC. The first-order valence-corrected chi connectivity index (χ1v) is 4.60. The van der Waals surface area contributed by atoms with Crippen LogP contribution in [0.1, 0.15) is 13.8 Å². The molecule has 0 fully saturated rings. The molecule has 0 aliphatic carbocycles. The van der Waals surface area contributed by atoms with Gasteiger partial charge >= 0.3 is 0 Å². The Hall–Kier alpha value is -1.08. The Morgan fingerprint density at radius 2 is 1.85 bits per heavy atom. The smallest absolute Gasteiger partial charge is 0.0202 e. The van der Waals surface area contributed by atoms with E-state index in [1.165, 1.54) is 5.57 Å². The molecule has 0 bridgehead atoms. The highest BCUT2D eigenvalue weighted by Gasteiger charge is 1.83. The summed E-state index contributed by atoms with van der Waals surface area (Å²) < 4.78 is 0. The largest absolute Gasteiger partial charge is 0.316 e. The van der Waals surface area contributed by atoms with Crippen LogP contribution in [0.3, 0.4) is 0 Å². The van der Waals surface area contributed by atoms with Gasteiger partial charge in [0.1, 0.15) is 0 Å². The van der Waals surface area contributed by atoms with Gasteiger partial charge in [-0.3, -0.25) is 0 Å². The zero-order valence-corrected chi connectivity index (χ0v) is 9.01. The molecule has 0 saturated heterocycles. The first-order valence-electron chi connectivity index (χ1n) is 4.60. The molecular weight excluding hydrogens is 158 g/mol. The summed E-state index contributed by atoms with van der Waals surface area (Å²) in [7, 11) is 1.91. The third kappa shape index (κ3) is 10.9. The average molecular weight is 179 g/mol. The minimum absolute atomic E-state index is 0.852. The molecule has 0 aromatic heterocycles. The van der Waals surface area contributed by atoms with E-state index in [1.54, 1.807) is 6.08 Å². The zero-order valence-electron chi connectivity index (χ0n) is 9.01. The van der Waals surface area contributed by atoms with E-state index in [1.807, 2.05) is 45.2 Å². The van der Waals surface area contributed by atoms with Crippen molar-refractivity contribution in [1.82, 2.24) is 5.32 Å². The number of hydrogen-bond donors (Lipinski definition) is 1. The second kappa shape index (κ2) is 13.5. The summed E-state index contributed by atoms with van der Waals surface area (Å²) in [5, 5.41) is 3.05. The molecule has 1 nitrogen and oxygen atoms in total. The molecule has 0 unspecified atom stereocenters. The first-order chi connectivity index (χ1) is 6.35. The number of likely N-dealkylation sites (N-methyl/N-ethyl adjacent to an activating group) is 1. The standard InChI is InChI=1S/C10H15N.C2H6/c1-4-6-7-8-10(5-2)9-11-3;1-2/h4-8,11H,1-2,9H2,3H3;1-2H3/b7-6-,10-8+;. The lowest BCUT2D eigenvalue weighted by Gasteiger charge is -1.96. The van der Waals surface area contributed by atoms with Crippen LogP contribution in [0.25, 0.3) is 0 Å². The molecule has 1 heteroatoms. The lowest BCUT2D eigenvalue weighted by Crippen LogP contribution is -2.08. The minimum atomic E-state index is 0.852. The Balaban J connectivity index is 0. The van der Waals surface area contributed by atoms with Gasteiger partial charge < -0.3 is 5.32 Å². The number of rotatable bonds is 5. The third-order valence-corrected chi connectivity index (χ3v) is 1.20. The van der Waals surface area contributed by atoms with Crippen molar-refractivity contribution >= 4 is 0 Å². The predicted octanol–water partition coefficient (Wildman–Crippen LogP) is 3.09. The van der Waals surface area contributed by atoms with E-state index < -0.39 is 0 Å². The van der Waals surface area contributed by atoms with Gasteiger partial charge in [-0.05, 0) is 12.6 Å². The predicted molar refractivity (Wildman–Crippen MR) is 62.9 cm³/mol. The summed E-state index contributed by atoms with van der Waals surface area (Å²) in [6.45, 7) is 12.1. The summed E-state index contributed by atoms with van der Waals surface area (Å²) in [5.74, 6) is 0. The normalized spacial score (nSPS) is 10.5. The molecule has 0 atom stereocenters. The highest BCUT2D eigenvalue weighted by Crippen LogP contribution is 1.93. The van der Waals surface area contributed by atoms with Crippen molar-refractivity contribution in [3.8, 4) is 0 Å². The van der Waals surface area contributed by atoms with Crippen molar-refractivity contribution in [2.75, 3.05) is 13.6 Å². The fourth-order valence-corrected chi connectivity index (χ4v) is 0.661. The number of allylic oxidation sites excluding steroid dienone is 4. The summed E-state index contributed by atoms with van der Waals surface area (Å²) in [4.78, 5) is 0. The van der Waals surface area contributed by atoms with Gasteiger partial charge in [0.25, 0.3) is 0 Å². The second-order valence-electron chi connectivity index (χ2n) is 2.10. The summed E-state index contributed by atoms with van der Waals surface area (Å²) >= 11 is 0. The third-order valence-electron chi connectivity index (χ3n) is 1.20. The van der Waals surface area contributed by atoms with Crippen molar-refractivity contribution in [3.63, 3.8) is 0 Å². The van der Waals surface area contributed by atoms with Crippen molar-refractivity contribution in [3.05, 3.63) is 49.1 Å². The van der Waals surface area contributed by atoms with Crippen LogP contribution in [0.4, 0.5) is 0 Å². The fraction of sp³-hybridized carbons (Fsp3) is 0.333. The van der Waals surface area contributed by atoms with E-state index in [0.29, 0.717) is 0 Å². The van der Waals surface area contributed by atoms with Gasteiger partial charge in [0.15, 0.2) is 0 Å². The van der Waals surface area contributed by atoms with Crippen LogP contribution in [0, 0.1) is 0 Å². The molecule has 0 amide bonds. The van der Waals surface area contributed by atoms with Gasteiger partial charge in [-0.1, -0.05) is 57.4 Å². The lowest BCUT2D eigenvalue weighted by atomic mass is 10.2. The van der Waals surface area contributed by atoms with E-state index in [0.717, 1.165) is 6.54 Å². The molecule has 0 aromatic rings. The molecule has 0 heterocycles. The molecule has 0 radical (unpaired) electrons. The van der Waals surface area contributed by atoms with E-state index in [9.17, 15) is 0 Å². The van der Waals surface area contributed by atoms with E-state index in [-0.39, 0.29) is 0 Å². The van der Waals surface area contributed by atoms with Crippen LogP contribution in [0.15, 0.2) is 49.1 Å². The van der Waals surface area contributed by atoms with Gasteiger partial charge in [0.05, 0.1) is 0 Å². The lowest BCUT2D eigenvalue weighted by molar-refractivity contribution is 0.896. The van der Waals surface area contributed by atoms with Crippen molar-refractivity contribution in [2.45, 2.75) is 13.8 Å². The van der Waals surface area contributed by atoms with Gasteiger partial charge in [-0.2, -0.15) is 0 Å². The van der Waals surface area contributed by atoms with Gasteiger partial charge in [0, 0.05) is 6.54 Å². The Morgan fingerprint density at radius 1 is 1.23 bits per heavy atom. The molecule has 0 aliphatic heterocycles. The van der Waals surface area contributed by atoms with Crippen LogP contribution in [0.2, 0.25) is 0 Å². The quantitative estimate of drug-likeness (QED) is 0.639. The van der Waals surface area contributed by atoms with Gasteiger partial charge in [-0.15, -0.1) is 0 Å². The summed E-state index contributed by atoms with van der Waals surface area (Å²) in [6, 6.07) is 0. The average Bonchev–Trinajstić information content (AvgIpc) is 2.20. The molecule has 0 spiro atoms. The molecule has 0 aromatic carbocycles. The summed E-state index contributed by atoms with van der Waals surface area (Å²) in [5.41, 5.74) is 1.17. The van der Waals surface area contributed by atoms with Crippen molar-refractivity contribution in [1.29, 1.82) is 0 Å². The Morgan fingerprint density at radius 3 is 2.23 bits per heavy atom. The Labute approximate surface area is 82.6 Å². The molecule has 0 aliphatic rings. The van der Waals surface area contributed by atoms with Crippen LogP contribution < -0.4 is 5.32 Å². The topological polar surface area (TPSA) is 12.0 Å². The van der Waals surface area contributed by atoms with E-state index in [2.05, 4.69) is 18.5 Å². The zero-order chi connectivity index (χ0) is 10.5. The molecule has 0 rings (SSSR count). The summed E-state index contributed by atoms with van der Waals surface area (Å²) in [6.07, 6.45) is 9.42. The van der Waals surface area contributed by atoms with E-state index in [4.69, 9.17) is 0 Å². The molecule has 74 valence electrons. The fourth-order valence-electron chi connectivity index (χ4n) is 0.661. The highest BCUT2D eigenvalue weighted by molar-refractivity contribution is 5.24. The number of nitrogens with one attached hydrogen (secondary N) is 1. The maximum Gasteiger partial charge on any atom is 0.0202 e. The first kappa shape index (κ1) is 14.4. The Kier molecular flexibility index (Phi) is 15.0. The maximum atomic E-state index is 3.69. The van der Waals surface area contributed by atoms with Crippen LogP contribution >= 0.6 is 0 Å². The monoisotopic (exact) mass is 179 g/mol. The van der Waals surface area contributed by atoms with Gasteiger partial charge in [-0.25, -0.2) is 0 Å².